The van der Waals surface area contributed by atoms with Crippen molar-refractivity contribution in [3.8, 4) is 11.5 Å². The molecule has 3 aromatic rings. The highest BCUT2D eigenvalue weighted by atomic mass is 32.2. The summed E-state index contributed by atoms with van der Waals surface area (Å²) in [5.41, 5.74) is 2.30. The molecular weight excluding hydrogens is 412 g/mol. The summed E-state index contributed by atoms with van der Waals surface area (Å²) in [6, 6.07) is 15.2. The number of carbonyl (C=O) groups is 1. The van der Waals surface area contributed by atoms with Crippen LogP contribution in [0.5, 0.6) is 11.5 Å². The molecule has 1 amide bonds. The Hall–Kier alpha value is -3.19. The van der Waals surface area contributed by atoms with Gasteiger partial charge in [-0.1, -0.05) is 32.9 Å². The SMILES string of the molecule is Cc1ncccc1Oc1cc(C(C)(C)C)ccc1C(=O)Nc1cccc(S(C)(=O)=O)c1.[HH]. The molecule has 1 heterocycles. The van der Waals surface area contributed by atoms with Crippen LogP contribution in [0.4, 0.5) is 5.69 Å². The van der Waals surface area contributed by atoms with Gasteiger partial charge in [-0.15, -0.1) is 0 Å². The van der Waals surface area contributed by atoms with E-state index in [9.17, 15) is 13.2 Å². The van der Waals surface area contributed by atoms with Crippen LogP contribution in [-0.2, 0) is 15.3 Å². The molecule has 2 aromatic carbocycles. The van der Waals surface area contributed by atoms with Crippen molar-refractivity contribution in [3.05, 3.63) is 77.6 Å². The number of nitrogens with one attached hydrogen (secondary N) is 1. The summed E-state index contributed by atoms with van der Waals surface area (Å²) in [7, 11) is -3.38. The number of ether oxygens (including phenoxy) is 1. The Morgan fingerprint density at radius 2 is 1.77 bits per heavy atom. The van der Waals surface area contributed by atoms with Gasteiger partial charge in [0, 0.05) is 19.6 Å². The molecular formula is C24H28N2O4S. The molecule has 0 saturated carbocycles. The Kier molecular flexibility index (Phi) is 6.18. The number of hydrogen-bond acceptors (Lipinski definition) is 5. The Labute approximate surface area is 184 Å². The lowest BCUT2D eigenvalue weighted by Crippen LogP contribution is -2.16. The first-order chi connectivity index (χ1) is 14.4. The van der Waals surface area contributed by atoms with Crippen LogP contribution < -0.4 is 10.1 Å². The molecule has 0 aliphatic heterocycles. The fourth-order valence-corrected chi connectivity index (χ4v) is 3.63. The third kappa shape index (κ3) is 5.49. The van der Waals surface area contributed by atoms with Crippen LogP contribution in [0.25, 0.3) is 0 Å². The molecule has 0 unspecified atom stereocenters. The van der Waals surface area contributed by atoms with Gasteiger partial charge >= 0.3 is 0 Å². The number of aryl methyl sites for hydroxylation is 1. The second-order valence-electron chi connectivity index (χ2n) is 8.40. The first-order valence-corrected chi connectivity index (χ1v) is 11.7. The van der Waals surface area contributed by atoms with E-state index in [0.717, 1.165) is 11.8 Å². The van der Waals surface area contributed by atoms with Crippen LogP contribution in [0.3, 0.4) is 0 Å². The molecule has 0 atom stereocenters. The summed E-state index contributed by atoms with van der Waals surface area (Å²) >= 11 is 0. The van der Waals surface area contributed by atoms with Crippen LogP contribution in [0.15, 0.2) is 65.7 Å². The first-order valence-electron chi connectivity index (χ1n) is 9.80. The smallest absolute Gasteiger partial charge is 0.259 e. The van der Waals surface area contributed by atoms with Crippen LogP contribution in [0.2, 0.25) is 0 Å². The number of aromatic nitrogens is 1. The van der Waals surface area contributed by atoms with Crippen molar-refractivity contribution >= 4 is 21.4 Å². The molecule has 1 N–H and O–H groups in total. The molecule has 0 fully saturated rings. The summed E-state index contributed by atoms with van der Waals surface area (Å²) < 4.78 is 29.7. The fourth-order valence-electron chi connectivity index (χ4n) is 2.96. The zero-order valence-corrected chi connectivity index (χ0v) is 19.1. The summed E-state index contributed by atoms with van der Waals surface area (Å²) in [6.45, 7) is 8.08. The molecule has 0 bridgehead atoms. The van der Waals surface area contributed by atoms with Crippen molar-refractivity contribution in [2.45, 2.75) is 38.0 Å². The monoisotopic (exact) mass is 440 g/mol. The maximum atomic E-state index is 13.1. The van der Waals surface area contributed by atoms with Gasteiger partial charge in [0.25, 0.3) is 5.91 Å². The number of pyridine rings is 1. The fraction of sp³-hybridized carbons (Fsp3) is 0.250. The molecule has 0 saturated heterocycles. The van der Waals surface area contributed by atoms with Crippen molar-refractivity contribution in [2.75, 3.05) is 11.6 Å². The lowest BCUT2D eigenvalue weighted by molar-refractivity contribution is 0.102. The predicted molar refractivity (Wildman–Crippen MR) is 124 cm³/mol. The van der Waals surface area contributed by atoms with Crippen LogP contribution in [0.1, 0.15) is 43.8 Å². The standard InChI is InChI=1S/C24H26N2O4S.H2/c1-16-21(10-7-13-25-16)30-22-14-17(24(2,3)4)11-12-20(22)23(27)26-18-8-6-9-19(15-18)31(5,28)29;/h6-15H,1-5H3,(H,26,27);1H. The van der Waals surface area contributed by atoms with E-state index >= 15 is 0 Å². The van der Waals surface area contributed by atoms with E-state index < -0.39 is 15.7 Å². The van der Waals surface area contributed by atoms with Gasteiger partial charge in [0.2, 0.25) is 0 Å². The van der Waals surface area contributed by atoms with Crippen LogP contribution in [-0.4, -0.2) is 25.6 Å². The summed E-state index contributed by atoms with van der Waals surface area (Å²) in [5.74, 6) is 0.560. The Morgan fingerprint density at radius 1 is 1.03 bits per heavy atom. The Balaban J connectivity index is 0.00000363. The highest BCUT2D eigenvalue weighted by molar-refractivity contribution is 7.90. The van der Waals surface area contributed by atoms with E-state index in [-0.39, 0.29) is 11.7 Å². The zero-order chi connectivity index (χ0) is 22.8. The van der Waals surface area contributed by atoms with Crippen molar-refractivity contribution in [1.82, 2.24) is 4.98 Å². The molecule has 0 radical (unpaired) electrons. The molecule has 7 heteroatoms. The minimum Gasteiger partial charge on any atom is -0.455 e. The van der Waals surface area contributed by atoms with Gasteiger partial charge in [-0.05, 0) is 60.4 Å². The van der Waals surface area contributed by atoms with Crippen molar-refractivity contribution < 1.29 is 19.4 Å². The largest absolute Gasteiger partial charge is 0.455 e. The lowest BCUT2D eigenvalue weighted by Gasteiger charge is -2.21. The number of anilines is 1. The molecule has 3 rings (SSSR count). The maximum Gasteiger partial charge on any atom is 0.259 e. The molecule has 1 aromatic heterocycles. The van der Waals surface area contributed by atoms with Crippen LogP contribution in [0, 0.1) is 6.92 Å². The number of sulfone groups is 1. The molecule has 0 aliphatic carbocycles. The summed E-state index contributed by atoms with van der Waals surface area (Å²) in [4.78, 5) is 17.4. The van der Waals surface area contributed by atoms with Crippen molar-refractivity contribution in [2.24, 2.45) is 0 Å². The third-order valence-corrected chi connectivity index (χ3v) is 5.90. The average Bonchev–Trinajstić information content (AvgIpc) is 2.68. The topological polar surface area (TPSA) is 85.4 Å². The highest BCUT2D eigenvalue weighted by Gasteiger charge is 2.20. The predicted octanol–water partition coefficient (Wildman–Crippen LogP) is 5.38. The summed E-state index contributed by atoms with van der Waals surface area (Å²) in [6.07, 6.45) is 2.80. The number of rotatable bonds is 5. The second kappa shape index (κ2) is 8.51. The minimum atomic E-state index is -3.38. The third-order valence-electron chi connectivity index (χ3n) is 4.79. The number of carbonyl (C=O) groups excluding carboxylic acids is 1. The Morgan fingerprint density at radius 3 is 2.42 bits per heavy atom. The molecule has 0 aliphatic rings. The van der Waals surface area contributed by atoms with E-state index in [1.807, 2.05) is 19.1 Å². The van der Waals surface area contributed by atoms with E-state index in [0.29, 0.717) is 28.4 Å². The van der Waals surface area contributed by atoms with Gasteiger partial charge in [-0.25, -0.2) is 8.42 Å². The number of benzene rings is 2. The summed E-state index contributed by atoms with van der Waals surface area (Å²) in [5, 5.41) is 2.77. The van der Waals surface area contributed by atoms with Crippen LogP contribution >= 0.6 is 0 Å². The molecule has 164 valence electrons. The van der Waals surface area contributed by atoms with E-state index in [2.05, 4.69) is 31.1 Å². The van der Waals surface area contributed by atoms with E-state index in [4.69, 9.17) is 4.74 Å². The molecule has 0 spiro atoms. The second-order valence-corrected chi connectivity index (χ2v) is 10.4. The van der Waals surface area contributed by atoms with E-state index in [1.165, 1.54) is 12.1 Å². The number of nitrogens with zero attached hydrogens (tertiary/aromatic N) is 1. The van der Waals surface area contributed by atoms with E-state index in [1.54, 1.807) is 36.5 Å². The molecule has 6 nitrogen and oxygen atoms in total. The van der Waals surface area contributed by atoms with Gasteiger partial charge in [-0.3, -0.25) is 9.78 Å². The maximum absolute atomic E-state index is 13.1. The lowest BCUT2D eigenvalue weighted by atomic mass is 9.86. The Bertz CT molecular complexity index is 1230. The van der Waals surface area contributed by atoms with Gasteiger partial charge in [0.05, 0.1) is 16.2 Å². The number of hydrogen-bond donors (Lipinski definition) is 1. The zero-order valence-electron chi connectivity index (χ0n) is 18.3. The van der Waals surface area contributed by atoms with Gasteiger partial charge in [-0.2, -0.15) is 0 Å². The van der Waals surface area contributed by atoms with Crippen molar-refractivity contribution in [1.29, 1.82) is 0 Å². The average molecular weight is 441 g/mol. The minimum absolute atomic E-state index is 0. The van der Waals surface area contributed by atoms with Crippen molar-refractivity contribution in [3.63, 3.8) is 0 Å². The van der Waals surface area contributed by atoms with Gasteiger partial charge in [0.15, 0.2) is 9.84 Å². The quantitative estimate of drug-likeness (QED) is 0.575. The number of amides is 1. The molecule has 31 heavy (non-hydrogen) atoms. The normalized spacial score (nSPS) is 11.8. The first kappa shape index (κ1) is 22.5. The van der Waals surface area contributed by atoms with Gasteiger partial charge < -0.3 is 10.1 Å². The highest BCUT2D eigenvalue weighted by Crippen LogP contribution is 2.33. The van der Waals surface area contributed by atoms with Gasteiger partial charge in [0.1, 0.15) is 11.5 Å².